The van der Waals surface area contributed by atoms with Crippen molar-refractivity contribution in [2.45, 2.75) is 29.9 Å². The lowest BCUT2D eigenvalue weighted by Crippen LogP contribution is -2.32. The molecule has 0 aromatic heterocycles. The highest BCUT2D eigenvalue weighted by atomic mass is 127. The number of halogens is 1. The number of amides is 1. The topological polar surface area (TPSA) is 37.4 Å². The molecule has 84 valence electrons. The second kappa shape index (κ2) is 7.62. The zero-order valence-electron chi connectivity index (χ0n) is 8.96. The highest BCUT2D eigenvalue weighted by molar-refractivity contribution is 14.1. The fourth-order valence-corrected chi connectivity index (χ4v) is 2.10. The van der Waals surface area contributed by atoms with Crippen molar-refractivity contribution in [2.24, 2.45) is 0 Å². The average Bonchev–Trinajstić information content (AvgIpc) is 2.13. The lowest BCUT2D eigenvalue weighted by atomic mass is 10.3. The van der Waals surface area contributed by atoms with Crippen LogP contribution in [0.1, 0.15) is 26.7 Å². The molecule has 0 aliphatic carbocycles. The molecule has 0 radical (unpaired) electrons. The highest BCUT2D eigenvalue weighted by Crippen LogP contribution is 2.05. The number of alkyl halides is 1. The van der Waals surface area contributed by atoms with E-state index in [2.05, 4.69) is 29.5 Å². The van der Waals surface area contributed by atoms with Gasteiger partial charge in [-0.1, -0.05) is 35.9 Å². The Morgan fingerprint density at radius 3 is 2.57 bits per heavy atom. The molecule has 0 N–H and O–H groups in total. The first-order chi connectivity index (χ1) is 6.49. The Morgan fingerprint density at radius 2 is 2.14 bits per heavy atom. The number of carbonyl (C=O) groups is 1. The molecule has 14 heavy (non-hydrogen) atoms. The van der Waals surface area contributed by atoms with Crippen molar-refractivity contribution in [3.8, 4) is 0 Å². The summed E-state index contributed by atoms with van der Waals surface area (Å²) in [6.07, 6.45) is 2.08. The summed E-state index contributed by atoms with van der Waals surface area (Å²) in [5, 5.41) is 0. The third kappa shape index (κ3) is 5.95. The molecule has 0 aromatic carbocycles. The van der Waals surface area contributed by atoms with E-state index in [4.69, 9.17) is 0 Å². The molecule has 0 aliphatic rings. The maximum atomic E-state index is 11.5. The Morgan fingerprint density at radius 1 is 1.57 bits per heavy atom. The smallest absolute Gasteiger partial charge is 0.234 e. The first-order valence-corrected chi connectivity index (χ1v) is 7.37. The first-order valence-electron chi connectivity index (χ1n) is 4.74. The normalized spacial score (nSPS) is 14.9. The second-order valence-corrected chi connectivity index (χ2v) is 7.71. The van der Waals surface area contributed by atoms with Crippen LogP contribution in [-0.2, 0) is 15.6 Å². The summed E-state index contributed by atoms with van der Waals surface area (Å²) in [5.74, 6) is 0.143. The van der Waals surface area contributed by atoms with Crippen LogP contribution < -0.4 is 0 Å². The molecule has 1 amide bonds. The van der Waals surface area contributed by atoms with E-state index in [1.807, 2.05) is 6.92 Å². The highest BCUT2D eigenvalue weighted by Gasteiger charge is 2.15. The van der Waals surface area contributed by atoms with Crippen LogP contribution >= 0.6 is 22.6 Å². The van der Waals surface area contributed by atoms with Gasteiger partial charge in [-0.2, -0.15) is 0 Å². The summed E-state index contributed by atoms with van der Waals surface area (Å²) in [4.78, 5) is 13.2. The summed E-state index contributed by atoms with van der Waals surface area (Å²) < 4.78 is 11.4. The van der Waals surface area contributed by atoms with E-state index in [0.29, 0.717) is 0 Å². The predicted molar refractivity (Wildman–Crippen MR) is 69.0 cm³/mol. The van der Waals surface area contributed by atoms with Crippen LogP contribution in [0.15, 0.2) is 0 Å². The van der Waals surface area contributed by atoms with E-state index in [9.17, 15) is 9.00 Å². The third-order valence-corrected chi connectivity index (χ3v) is 4.86. The van der Waals surface area contributed by atoms with Crippen LogP contribution in [0.5, 0.6) is 0 Å². The second-order valence-electron chi connectivity index (χ2n) is 3.24. The molecule has 0 heterocycles. The molecular weight excluding hydrogens is 313 g/mol. The Kier molecular flexibility index (Phi) is 7.81. The van der Waals surface area contributed by atoms with Crippen molar-refractivity contribution in [3.63, 3.8) is 0 Å². The first kappa shape index (κ1) is 14.3. The van der Waals surface area contributed by atoms with Crippen molar-refractivity contribution in [1.29, 1.82) is 0 Å². The number of nitrogens with zero attached hydrogens (tertiary/aromatic N) is 1. The van der Waals surface area contributed by atoms with Crippen LogP contribution in [0.2, 0.25) is 0 Å². The fourth-order valence-electron chi connectivity index (χ4n) is 0.867. The standard InChI is InChI=1S/C9H18INO2S/c1-4-5-6-11(3)9(12)7-14(13)8(2)10/h8H,4-7H2,1-3H3. The minimum absolute atomic E-state index is 0.0136. The number of hydrogen-bond donors (Lipinski definition) is 0. The molecule has 2 atom stereocenters. The van der Waals surface area contributed by atoms with E-state index in [0.717, 1.165) is 19.4 Å². The minimum atomic E-state index is -1.03. The van der Waals surface area contributed by atoms with Gasteiger partial charge in [0.2, 0.25) is 5.91 Å². The average molecular weight is 331 g/mol. The van der Waals surface area contributed by atoms with E-state index in [1.165, 1.54) is 0 Å². The summed E-state index contributed by atoms with van der Waals surface area (Å²) in [6, 6.07) is 0. The zero-order valence-corrected chi connectivity index (χ0v) is 11.9. The maximum Gasteiger partial charge on any atom is 0.234 e. The van der Waals surface area contributed by atoms with E-state index in [1.54, 1.807) is 11.9 Å². The van der Waals surface area contributed by atoms with Crippen molar-refractivity contribution in [3.05, 3.63) is 0 Å². The zero-order chi connectivity index (χ0) is 11.1. The van der Waals surface area contributed by atoms with Gasteiger partial charge in [-0.15, -0.1) is 0 Å². The molecule has 0 bridgehead atoms. The van der Waals surface area contributed by atoms with Gasteiger partial charge in [0, 0.05) is 24.4 Å². The van der Waals surface area contributed by atoms with Gasteiger partial charge in [0.05, 0.1) is 3.26 Å². The van der Waals surface area contributed by atoms with Crippen LogP contribution in [0.4, 0.5) is 0 Å². The molecule has 0 saturated heterocycles. The van der Waals surface area contributed by atoms with Crippen molar-refractivity contribution in [2.75, 3.05) is 19.3 Å². The monoisotopic (exact) mass is 331 g/mol. The fraction of sp³-hybridized carbons (Fsp3) is 0.889. The van der Waals surface area contributed by atoms with Gasteiger partial charge in [-0.05, 0) is 13.3 Å². The van der Waals surface area contributed by atoms with Crippen molar-refractivity contribution in [1.82, 2.24) is 4.90 Å². The lowest BCUT2D eigenvalue weighted by molar-refractivity contribution is -0.127. The molecule has 0 fully saturated rings. The molecule has 0 saturated carbocycles. The molecule has 5 heteroatoms. The SMILES string of the molecule is CCCCN(C)C(=O)CS(=O)C(C)I. The third-order valence-electron chi connectivity index (χ3n) is 1.90. The van der Waals surface area contributed by atoms with Crippen molar-refractivity contribution >= 4 is 39.3 Å². The molecule has 0 aromatic rings. The van der Waals surface area contributed by atoms with Crippen LogP contribution in [0, 0.1) is 0 Å². The largest absolute Gasteiger partial charge is 0.345 e. The number of rotatable bonds is 6. The predicted octanol–water partition coefficient (Wildman–Crippen LogP) is 1.77. The lowest BCUT2D eigenvalue weighted by Gasteiger charge is -2.16. The van der Waals surface area contributed by atoms with Gasteiger partial charge >= 0.3 is 0 Å². The summed E-state index contributed by atoms with van der Waals surface area (Å²) in [7, 11) is 0.738. The summed E-state index contributed by atoms with van der Waals surface area (Å²) in [6.45, 7) is 4.71. The molecule has 0 spiro atoms. The van der Waals surface area contributed by atoms with Gasteiger partial charge < -0.3 is 4.90 Å². The van der Waals surface area contributed by atoms with Gasteiger partial charge in [-0.25, -0.2) is 0 Å². The number of hydrogen-bond acceptors (Lipinski definition) is 2. The van der Waals surface area contributed by atoms with E-state index < -0.39 is 10.8 Å². The van der Waals surface area contributed by atoms with Crippen LogP contribution in [0.25, 0.3) is 0 Å². The van der Waals surface area contributed by atoms with Crippen molar-refractivity contribution < 1.29 is 9.00 Å². The van der Waals surface area contributed by atoms with Gasteiger partial charge in [0.25, 0.3) is 0 Å². The molecule has 0 aliphatic heterocycles. The van der Waals surface area contributed by atoms with Crippen LogP contribution in [0.3, 0.4) is 0 Å². The minimum Gasteiger partial charge on any atom is -0.345 e. The van der Waals surface area contributed by atoms with Gasteiger partial charge in [0.1, 0.15) is 5.75 Å². The summed E-state index contributed by atoms with van der Waals surface area (Å²) >= 11 is 2.08. The number of carbonyl (C=O) groups excluding carboxylic acids is 1. The molecule has 2 unspecified atom stereocenters. The number of unbranched alkanes of at least 4 members (excludes halogenated alkanes) is 1. The molecule has 0 rings (SSSR count). The Balaban J connectivity index is 3.89. The quantitative estimate of drug-likeness (QED) is 0.550. The van der Waals surface area contributed by atoms with Gasteiger partial charge in [-0.3, -0.25) is 9.00 Å². The van der Waals surface area contributed by atoms with E-state index >= 15 is 0 Å². The Hall–Kier alpha value is 0.350. The maximum absolute atomic E-state index is 11.5. The molecular formula is C9H18INO2S. The molecule has 3 nitrogen and oxygen atoms in total. The summed E-state index contributed by atoms with van der Waals surface area (Å²) in [5.41, 5.74) is 0. The Labute approximate surface area is 102 Å². The van der Waals surface area contributed by atoms with E-state index in [-0.39, 0.29) is 14.9 Å². The van der Waals surface area contributed by atoms with Gasteiger partial charge in [0.15, 0.2) is 0 Å². The Bertz CT molecular complexity index is 209. The van der Waals surface area contributed by atoms with Crippen LogP contribution in [-0.4, -0.2) is 37.6 Å².